The average Bonchev–Trinajstić information content (AvgIpc) is 2.14. The van der Waals surface area contributed by atoms with Gasteiger partial charge < -0.3 is 0 Å². The molecule has 1 aliphatic rings. The van der Waals surface area contributed by atoms with Crippen LogP contribution in [0.5, 0.6) is 0 Å². The second-order valence-electron chi connectivity index (χ2n) is 3.71. The summed E-state index contributed by atoms with van der Waals surface area (Å²) in [6.07, 6.45) is 0. The molecule has 1 aliphatic heterocycles. The minimum atomic E-state index is 0.618. The molecule has 1 fully saturated rings. The van der Waals surface area contributed by atoms with Crippen LogP contribution < -0.4 is 10.9 Å². The van der Waals surface area contributed by atoms with Gasteiger partial charge in [0.25, 0.3) is 0 Å². The van der Waals surface area contributed by atoms with Crippen LogP contribution in [0.15, 0.2) is 0 Å². The van der Waals surface area contributed by atoms with Crippen molar-refractivity contribution in [1.29, 1.82) is 0 Å². The summed E-state index contributed by atoms with van der Waals surface area (Å²) in [6, 6.07) is 1.27. The molecule has 0 radical (unpaired) electrons. The quantitative estimate of drug-likeness (QED) is 0.574. The molecule has 1 rings (SSSR count). The highest BCUT2D eigenvalue weighted by molar-refractivity contribution is 4.86. The van der Waals surface area contributed by atoms with Crippen molar-refractivity contribution in [3.05, 3.63) is 0 Å². The van der Waals surface area contributed by atoms with E-state index in [9.17, 15) is 0 Å². The number of hydrogen-bond acceptors (Lipinski definition) is 2. The molecule has 1 heterocycles. The molecule has 0 bridgehead atoms. The van der Waals surface area contributed by atoms with Gasteiger partial charge in [0, 0.05) is 12.1 Å². The highest BCUT2D eigenvalue weighted by Gasteiger charge is 2.30. The van der Waals surface area contributed by atoms with Crippen molar-refractivity contribution in [3.8, 4) is 0 Å². The lowest BCUT2D eigenvalue weighted by atomic mass is 9.90. The van der Waals surface area contributed by atoms with Crippen molar-refractivity contribution in [2.24, 2.45) is 11.8 Å². The molecule has 2 heteroatoms. The second kappa shape index (κ2) is 2.89. The third kappa shape index (κ3) is 1.32. The molecule has 2 nitrogen and oxygen atoms in total. The first kappa shape index (κ1) is 8.02. The van der Waals surface area contributed by atoms with E-state index in [2.05, 4.69) is 38.5 Å². The summed E-state index contributed by atoms with van der Waals surface area (Å²) < 4.78 is 0. The summed E-state index contributed by atoms with van der Waals surface area (Å²) in [7, 11) is 0. The molecule has 0 aromatic rings. The van der Waals surface area contributed by atoms with Gasteiger partial charge in [-0.3, -0.25) is 10.9 Å². The summed E-state index contributed by atoms with van der Waals surface area (Å²) in [4.78, 5) is 0. The van der Waals surface area contributed by atoms with Crippen molar-refractivity contribution in [3.63, 3.8) is 0 Å². The lowest BCUT2D eigenvalue weighted by Gasteiger charge is -2.19. The van der Waals surface area contributed by atoms with E-state index in [-0.39, 0.29) is 0 Å². The molecular formula is C8H18N2. The molecule has 0 spiro atoms. The van der Waals surface area contributed by atoms with Gasteiger partial charge in [0.15, 0.2) is 0 Å². The van der Waals surface area contributed by atoms with E-state index in [1.807, 2.05) is 0 Å². The zero-order valence-corrected chi connectivity index (χ0v) is 7.31. The molecule has 0 aromatic carbocycles. The minimum Gasteiger partial charge on any atom is -0.254 e. The van der Waals surface area contributed by atoms with Crippen LogP contribution in [-0.2, 0) is 0 Å². The number of nitrogens with one attached hydrogen (secondary N) is 2. The van der Waals surface area contributed by atoms with Crippen LogP contribution in [0.4, 0.5) is 0 Å². The van der Waals surface area contributed by atoms with Crippen LogP contribution >= 0.6 is 0 Å². The maximum atomic E-state index is 3.31. The monoisotopic (exact) mass is 142 g/mol. The molecule has 0 saturated carbocycles. The van der Waals surface area contributed by atoms with E-state index in [0.29, 0.717) is 12.1 Å². The number of rotatable bonds is 1. The van der Waals surface area contributed by atoms with E-state index in [1.54, 1.807) is 0 Å². The van der Waals surface area contributed by atoms with E-state index in [1.165, 1.54) is 0 Å². The molecule has 60 valence electrons. The van der Waals surface area contributed by atoms with Crippen molar-refractivity contribution >= 4 is 0 Å². The summed E-state index contributed by atoms with van der Waals surface area (Å²) in [5, 5.41) is 0. The van der Waals surface area contributed by atoms with Gasteiger partial charge in [0.1, 0.15) is 0 Å². The Morgan fingerprint density at radius 3 is 1.90 bits per heavy atom. The van der Waals surface area contributed by atoms with Gasteiger partial charge in [-0.2, -0.15) is 0 Å². The standard InChI is InChI=1S/C8H18N2/c1-5(2)8-6(3)7(4)9-10-8/h5-10H,1-4H3. The first-order chi connectivity index (χ1) is 4.63. The summed E-state index contributed by atoms with van der Waals surface area (Å²) in [6.45, 7) is 9.03. The molecular weight excluding hydrogens is 124 g/mol. The van der Waals surface area contributed by atoms with Crippen LogP contribution in [0.3, 0.4) is 0 Å². The predicted octanol–water partition coefficient (Wildman–Crippen LogP) is 1.14. The van der Waals surface area contributed by atoms with Crippen molar-refractivity contribution in [1.82, 2.24) is 10.9 Å². The molecule has 10 heavy (non-hydrogen) atoms. The normalized spacial score (nSPS) is 41.1. The van der Waals surface area contributed by atoms with Crippen molar-refractivity contribution < 1.29 is 0 Å². The highest BCUT2D eigenvalue weighted by atomic mass is 15.4. The largest absolute Gasteiger partial charge is 0.254 e. The Morgan fingerprint density at radius 1 is 1.10 bits per heavy atom. The fourth-order valence-corrected chi connectivity index (χ4v) is 1.58. The Hall–Kier alpha value is -0.0800. The summed E-state index contributed by atoms with van der Waals surface area (Å²) >= 11 is 0. The predicted molar refractivity (Wildman–Crippen MR) is 43.5 cm³/mol. The Bertz CT molecular complexity index is 112. The molecule has 3 unspecified atom stereocenters. The van der Waals surface area contributed by atoms with Crippen LogP contribution in [-0.4, -0.2) is 12.1 Å². The summed E-state index contributed by atoms with van der Waals surface area (Å²) in [5.74, 6) is 1.48. The van der Waals surface area contributed by atoms with Crippen LogP contribution in [0.25, 0.3) is 0 Å². The maximum absolute atomic E-state index is 3.31. The van der Waals surface area contributed by atoms with Crippen LogP contribution in [0, 0.1) is 11.8 Å². The molecule has 0 amide bonds. The van der Waals surface area contributed by atoms with Gasteiger partial charge in [0.05, 0.1) is 0 Å². The Morgan fingerprint density at radius 2 is 1.70 bits per heavy atom. The van der Waals surface area contributed by atoms with E-state index < -0.39 is 0 Å². The first-order valence-corrected chi connectivity index (χ1v) is 4.14. The molecule has 0 aliphatic carbocycles. The summed E-state index contributed by atoms with van der Waals surface area (Å²) in [5.41, 5.74) is 6.56. The Kier molecular flexibility index (Phi) is 2.32. The second-order valence-corrected chi connectivity index (χ2v) is 3.71. The Labute approximate surface area is 63.4 Å². The van der Waals surface area contributed by atoms with Crippen LogP contribution in [0.1, 0.15) is 27.7 Å². The number of hydrogen-bond donors (Lipinski definition) is 2. The zero-order valence-electron chi connectivity index (χ0n) is 7.31. The number of hydrazine groups is 1. The smallest absolute Gasteiger partial charge is 0.0276 e. The molecule has 2 N–H and O–H groups in total. The van der Waals surface area contributed by atoms with Crippen molar-refractivity contribution in [2.75, 3.05) is 0 Å². The third-order valence-electron chi connectivity index (χ3n) is 2.55. The lowest BCUT2D eigenvalue weighted by Crippen LogP contribution is -2.35. The average molecular weight is 142 g/mol. The fraction of sp³-hybridized carbons (Fsp3) is 1.00. The maximum Gasteiger partial charge on any atom is 0.0276 e. The van der Waals surface area contributed by atoms with E-state index in [0.717, 1.165) is 11.8 Å². The first-order valence-electron chi connectivity index (χ1n) is 4.14. The van der Waals surface area contributed by atoms with Gasteiger partial charge in [-0.25, -0.2) is 0 Å². The molecule has 0 aromatic heterocycles. The van der Waals surface area contributed by atoms with Crippen LogP contribution in [0.2, 0.25) is 0 Å². The highest BCUT2D eigenvalue weighted by Crippen LogP contribution is 2.19. The molecule has 1 saturated heterocycles. The molecule has 3 atom stereocenters. The van der Waals surface area contributed by atoms with E-state index >= 15 is 0 Å². The fourth-order valence-electron chi connectivity index (χ4n) is 1.58. The van der Waals surface area contributed by atoms with Gasteiger partial charge in [-0.1, -0.05) is 20.8 Å². The minimum absolute atomic E-state index is 0.618. The van der Waals surface area contributed by atoms with E-state index in [4.69, 9.17) is 0 Å². The Balaban J connectivity index is 2.49. The SMILES string of the molecule is CC(C)C1NNC(C)C1C. The zero-order chi connectivity index (χ0) is 7.72. The van der Waals surface area contributed by atoms with Gasteiger partial charge in [-0.15, -0.1) is 0 Å². The topological polar surface area (TPSA) is 24.1 Å². The van der Waals surface area contributed by atoms with Crippen molar-refractivity contribution in [2.45, 2.75) is 39.8 Å². The van der Waals surface area contributed by atoms with Gasteiger partial charge in [0.2, 0.25) is 0 Å². The lowest BCUT2D eigenvalue weighted by molar-refractivity contribution is 0.363. The van der Waals surface area contributed by atoms with Gasteiger partial charge >= 0.3 is 0 Å². The van der Waals surface area contributed by atoms with Gasteiger partial charge in [-0.05, 0) is 18.8 Å². The third-order valence-corrected chi connectivity index (χ3v) is 2.55.